The van der Waals surface area contributed by atoms with Crippen LogP contribution < -0.4 is 5.73 Å². The Morgan fingerprint density at radius 2 is 1.87 bits per heavy atom. The molecule has 1 aliphatic carbocycles. The largest absolute Gasteiger partial charge is 0.366 e. The molecule has 4 aromatic rings. The molecule has 6 nitrogen and oxygen atoms in total. The highest BCUT2D eigenvalue weighted by atomic mass is 32.2. The van der Waals surface area contributed by atoms with Crippen LogP contribution in [-0.4, -0.2) is 25.7 Å². The normalized spacial score (nSPS) is 13.5. The first-order valence-corrected chi connectivity index (χ1v) is 11.5. The third-order valence-electron chi connectivity index (χ3n) is 4.87. The van der Waals surface area contributed by atoms with Crippen LogP contribution in [0.15, 0.2) is 65.1 Å². The maximum absolute atomic E-state index is 11.2. The summed E-state index contributed by atoms with van der Waals surface area (Å²) in [5.41, 5.74) is 8.82. The molecule has 0 bridgehead atoms. The topological polar surface area (TPSA) is 86.7 Å². The first kappa shape index (κ1) is 19.0. The number of thioether (sulfide) groups is 1. The molecule has 1 fully saturated rings. The number of rotatable bonds is 7. The number of carbonyl (C=O) groups excluding carboxylic acids is 1. The van der Waals surface area contributed by atoms with Crippen LogP contribution in [0.25, 0.3) is 16.3 Å². The van der Waals surface area contributed by atoms with E-state index in [9.17, 15) is 4.79 Å². The van der Waals surface area contributed by atoms with Gasteiger partial charge in [0.1, 0.15) is 10.8 Å². The smallest absolute Gasteiger partial charge is 0.248 e. The molecular formula is C22H19N5OS2. The fourth-order valence-electron chi connectivity index (χ4n) is 3.15. The van der Waals surface area contributed by atoms with Gasteiger partial charge >= 0.3 is 0 Å². The summed E-state index contributed by atoms with van der Waals surface area (Å²) < 4.78 is 1.98. The Morgan fingerprint density at radius 3 is 2.57 bits per heavy atom. The molecule has 0 atom stereocenters. The molecule has 2 aromatic carbocycles. The van der Waals surface area contributed by atoms with E-state index in [-0.39, 0.29) is 0 Å². The molecule has 30 heavy (non-hydrogen) atoms. The van der Waals surface area contributed by atoms with E-state index in [4.69, 9.17) is 20.8 Å². The first-order valence-electron chi connectivity index (χ1n) is 9.67. The average Bonchev–Trinajstić information content (AvgIpc) is 3.35. The van der Waals surface area contributed by atoms with Crippen LogP contribution in [0.2, 0.25) is 0 Å². The molecule has 150 valence electrons. The third kappa shape index (κ3) is 4.01. The van der Waals surface area contributed by atoms with Gasteiger partial charge in [0, 0.05) is 28.2 Å². The number of carbonyl (C=O) groups is 1. The van der Waals surface area contributed by atoms with Crippen LogP contribution in [0.1, 0.15) is 40.6 Å². The molecule has 1 saturated carbocycles. The molecule has 0 spiro atoms. The number of thiazole rings is 1. The summed E-state index contributed by atoms with van der Waals surface area (Å²) in [5.74, 6) is 1.85. The molecule has 2 N–H and O–H groups in total. The van der Waals surface area contributed by atoms with Crippen LogP contribution >= 0.6 is 23.1 Å². The minimum atomic E-state index is -0.425. The van der Waals surface area contributed by atoms with Gasteiger partial charge in [-0.2, -0.15) is 0 Å². The highest BCUT2D eigenvalue weighted by molar-refractivity contribution is 7.98. The van der Waals surface area contributed by atoms with Crippen molar-refractivity contribution in [2.45, 2.75) is 29.7 Å². The average molecular weight is 434 g/mol. The minimum Gasteiger partial charge on any atom is -0.366 e. The molecule has 0 radical (unpaired) electrons. The number of hydrogen-bond donors (Lipinski definition) is 1. The standard InChI is InChI=1S/C22H19N5OS2/c23-19(28)14-6-10-16(11-7-14)21-24-17(12-29-21)13-30-22-25-20(15-8-9-15)27(26-22)18-4-2-1-3-5-18/h1-7,10-12,15H,8-9,13H2,(H2,23,28). The molecule has 5 rings (SSSR count). The van der Waals surface area contributed by atoms with E-state index in [0.29, 0.717) is 17.2 Å². The van der Waals surface area contributed by atoms with Crippen LogP contribution in [-0.2, 0) is 5.75 Å². The predicted octanol–water partition coefficient (Wildman–Crippen LogP) is 4.66. The van der Waals surface area contributed by atoms with Crippen molar-refractivity contribution >= 4 is 29.0 Å². The Morgan fingerprint density at radius 1 is 1.10 bits per heavy atom. The lowest BCUT2D eigenvalue weighted by Gasteiger charge is -2.03. The molecule has 0 saturated heterocycles. The molecule has 1 aliphatic rings. The highest BCUT2D eigenvalue weighted by Gasteiger charge is 2.30. The van der Waals surface area contributed by atoms with Crippen molar-refractivity contribution in [1.82, 2.24) is 19.7 Å². The van der Waals surface area contributed by atoms with E-state index in [1.54, 1.807) is 35.2 Å². The molecule has 0 aliphatic heterocycles. The Balaban J connectivity index is 1.31. The number of nitrogens with zero attached hydrogens (tertiary/aromatic N) is 4. The van der Waals surface area contributed by atoms with Crippen LogP contribution in [0.3, 0.4) is 0 Å². The van der Waals surface area contributed by atoms with E-state index < -0.39 is 5.91 Å². The zero-order valence-corrected chi connectivity index (χ0v) is 17.7. The second-order valence-corrected chi connectivity index (χ2v) is 8.95. The van der Waals surface area contributed by atoms with E-state index in [0.717, 1.165) is 32.9 Å². The SMILES string of the molecule is NC(=O)c1ccc(-c2nc(CSc3nc(C4CC4)n(-c4ccccc4)n3)cs2)cc1. The second-order valence-electron chi connectivity index (χ2n) is 7.15. The zero-order valence-electron chi connectivity index (χ0n) is 16.1. The van der Waals surface area contributed by atoms with Gasteiger partial charge in [-0.15, -0.1) is 16.4 Å². The van der Waals surface area contributed by atoms with Gasteiger partial charge in [0.15, 0.2) is 0 Å². The van der Waals surface area contributed by atoms with Crippen molar-refractivity contribution in [2.24, 2.45) is 5.73 Å². The van der Waals surface area contributed by atoms with Crippen LogP contribution in [0, 0.1) is 0 Å². The van der Waals surface area contributed by atoms with Gasteiger partial charge in [0.05, 0.1) is 11.4 Å². The molecule has 8 heteroatoms. The summed E-state index contributed by atoms with van der Waals surface area (Å²) in [6.07, 6.45) is 2.36. The maximum Gasteiger partial charge on any atom is 0.248 e. The number of aromatic nitrogens is 4. The molecule has 0 unspecified atom stereocenters. The predicted molar refractivity (Wildman–Crippen MR) is 119 cm³/mol. The fraction of sp³-hybridized carbons (Fsp3) is 0.182. The first-order chi connectivity index (χ1) is 14.7. The van der Waals surface area contributed by atoms with Crippen molar-refractivity contribution in [2.75, 3.05) is 0 Å². The van der Waals surface area contributed by atoms with Gasteiger partial charge in [0.25, 0.3) is 0 Å². The summed E-state index contributed by atoms with van der Waals surface area (Å²) in [5, 5.41) is 8.50. The molecular weight excluding hydrogens is 414 g/mol. The lowest BCUT2D eigenvalue weighted by atomic mass is 10.1. The highest BCUT2D eigenvalue weighted by Crippen LogP contribution is 2.40. The van der Waals surface area contributed by atoms with Gasteiger partial charge in [-0.1, -0.05) is 42.1 Å². The van der Waals surface area contributed by atoms with Gasteiger partial charge in [-0.05, 0) is 37.1 Å². The monoisotopic (exact) mass is 433 g/mol. The number of para-hydroxylation sites is 1. The number of benzene rings is 2. The van der Waals surface area contributed by atoms with Crippen LogP contribution in [0.5, 0.6) is 0 Å². The number of nitrogens with two attached hydrogens (primary N) is 1. The van der Waals surface area contributed by atoms with E-state index in [1.165, 1.54) is 12.8 Å². The fourth-order valence-corrected chi connectivity index (χ4v) is 4.81. The lowest BCUT2D eigenvalue weighted by molar-refractivity contribution is 0.100. The van der Waals surface area contributed by atoms with Crippen LogP contribution in [0.4, 0.5) is 0 Å². The Hall–Kier alpha value is -2.97. The Labute approximate surface area is 182 Å². The molecule has 1 amide bonds. The summed E-state index contributed by atoms with van der Waals surface area (Å²) in [7, 11) is 0. The number of primary amides is 1. The van der Waals surface area contributed by atoms with Crippen molar-refractivity contribution < 1.29 is 4.79 Å². The summed E-state index contributed by atoms with van der Waals surface area (Å²) in [4.78, 5) is 20.8. The van der Waals surface area contributed by atoms with Gasteiger partial charge in [-0.3, -0.25) is 4.79 Å². The Bertz CT molecular complexity index is 1180. The van der Waals surface area contributed by atoms with Crippen molar-refractivity contribution in [3.8, 4) is 16.3 Å². The van der Waals surface area contributed by atoms with E-state index in [2.05, 4.69) is 17.5 Å². The van der Waals surface area contributed by atoms with Gasteiger partial charge < -0.3 is 5.73 Å². The zero-order chi connectivity index (χ0) is 20.5. The third-order valence-corrected chi connectivity index (χ3v) is 6.68. The van der Waals surface area contributed by atoms with E-state index >= 15 is 0 Å². The molecule has 2 aromatic heterocycles. The maximum atomic E-state index is 11.2. The number of amides is 1. The van der Waals surface area contributed by atoms with Crippen molar-refractivity contribution in [3.63, 3.8) is 0 Å². The van der Waals surface area contributed by atoms with Crippen molar-refractivity contribution in [1.29, 1.82) is 0 Å². The second kappa shape index (κ2) is 8.04. The summed E-state index contributed by atoms with van der Waals surface area (Å²) >= 11 is 3.19. The van der Waals surface area contributed by atoms with Gasteiger partial charge in [0.2, 0.25) is 11.1 Å². The minimum absolute atomic E-state index is 0.425. The van der Waals surface area contributed by atoms with E-state index in [1.807, 2.05) is 35.0 Å². The lowest BCUT2D eigenvalue weighted by Crippen LogP contribution is -2.10. The van der Waals surface area contributed by atoms with Crippen molar-refractivity contribution in [3.05, 3.63) is 77.1 Å². The Kier molecular flexibility index (Phi) is 5.10. The molecule has 2 heterocycles. The summed E-state index contributed by atoms with van der Waals surface area (Å²) in [6, 6.07) is 17.4. The summed E-state index contributed by atoms with van der Waals surface area (Å²) in [6.45, 7) is 0. The van der Waals surface area contributed by atoms with Gasteiger partial charge in [-0.25, -0.2) is 14.6 Å². The quantitative estimate of drug-likeness (QED) is 0.428. The number of hydrogen-bond acceptors (Lipinski definition) is 6.